The van der Waals surface area contributed by atoms with Crippen molar-refractivity contribution in [1.29, 1.82) is 0 Å². The van der Waals surface area contributed by atoms with Crippen molar-refractivity contribution < 1.29 is 23.9 Å². The van der Waals surface area contributed by atoms with Crippen LogP contribution in [0.15, 0.2) is 35.5 Å². The van der Waals surface area contributed by atoms with Crippen LogP contribution in [-0.4, -0.2) is 31.7 Å². The molecule has 0 radical (unpaired) electrons. The van der Waals surface area contributed by atoms with Gasteiger partial charge in [0, 0.05) is 5.70 Å². The second-order valence-corrected chi connectivity index (χ2v) is 6.18. The molecule has 2 amide bonds. The predicted octanol–water partition coefficient (Wildman–Crippen LogP) is 2.30. The van der Waals surface area contributed by atoms with Crippen LogP contribution in [0.4, 0.5) is 4.79 Å². The number of methoxy groups -OCH3 is 1. The van der Waals surface area contributed by atoms with Crippen molar-refractivity contribution in [2.75, 3.05) is 13.7 Å². The first-order valence-electron chi connectivity index (χ1n) is 7.97. The minimum absolute atomic E-state index is 0.203. The molecule has 0 aliphatic carbocycles. The van der Waals surface area contributed by atoms with Crippen LogP contribution in [0.25, 0.3) is 0 Å². The number of nitrogens with one attached hydrogen (secondary N) is 2. The van der Waals surface area contributed by atoms with Crippen molar-refractivity contribution in [3.05, 3.63) is 46.7 Å². The smallest absolute Gasteiger partial charge is 0.338 e. The molecule has 0 saturated heterocycles. The molecule has 7 nitrogen and oxygen atoms in total. The number of esters is 2. The largest absolute Gasteiger partial charge is 0.465 e. The van der Waals surface area contributed by atoms with Gasteiger partial charge in [-0.25, -0.2) is 14.4 Å². The zero-order valence-corrected chi connectivity index (χ0v) is 14.7. The molecule has 7 heteroatoms. The van der Waals surface area contributed by atoms with Crippen molar-refractivity contribution >= 4 is 18.0 Å². The van der Waals surface area contributed by atoms with E-state index in [1.807, 2.05) is 13.8 Å². The Kier molecular flexibility index (Phi) is 5.80. The zero-order valence-electron chi connectivity index (χ0n) is 14.7. The third-order valence-electron chi connectivity index (χ3n) is 3.70. The molecule has 0 unspecified atom stereocenters. The average Bonchev–Trinajstić information content (AvgIpc) is 2.58. The van der Waals surface area contributed by atoms with Crippen LogP contribution in [-0.2, 0) is 14.3 Å². The number of benzene rings is 1. The van der Waals surface area contributed by atoms with Gasteiger partial charge < -0.3 is 20.1 Å². The van der Waals surface area contributed by atoms with Gasteiger partial charge in [0.05, 0.1) is 30.9 Å². The molecule has 1 aromatic rings. The van der Waals surface area contributed by atoms with Gasteiger partial charge in [0.15, 0.2) is 0 Å². The summed E-state index contributed by atoms with van der Waals surface area (Å²) in [6, 6.07) is 5.46. The minimum Gasteiger partial charge on any atom is -0.465 e. The molecule has 2 N–H and O–H groups in total. The van der Waals surface area contributed by atoms with E-state index in [1.54, 1.807) is 31.2 Å². The molecule has 0 bridgehead atoms. The summed E-state index contributed by atoms with van der Waals surface area (Å²) < 4.78 is 9.98. The summed E-state index contributed by atoms with van der Waals surface area (Å²) in [5.74, 6) is -0.737. The van der Waals surface area contributed by atoms with Crippen molar-refractivity contribution in [3.8, 4) is 0 Å². The molecule has 1 aromatic carbocycles. The second kappa shape index (κ2) is 7.83. The molecule has 0 spiro atoms. The number of ether oxygens (including phenoxy) is 2. The number of hydrogen-bond donors (Lipinski definition) is 2. The van der Waals surface area contributed by atoms with Crippen molar-refractivity contribution in [1.82, 2.24) is 10.6 Å². The van der Waals surface area contributed by atoms with E-state index < -0.39 is 24.0 Å². The molecule has 2 rings (SSSR count). The SMILES string of the molecule is COC(=O)c1ccc([C@@H]2NC(=O)NC(C)=C2C(=O)OCC(C)C)cc1. The maximum absolute atomic E-state index is 12.5. The molecule has 0 aromatic heterocycles. The Morgan fingerprint density at radius 3 is 2.36 bits per heavy atom. The van der Waals surface area contributed by atoms with Gasteiger partial charge in [-0.15, -0.1) is 0 Å². The van der Waals surface area contributed by atoms with Crippen LogP contribution < -0.4 is 10.6 Å². The third-order valence-corrected chi connectivity index (χ3v) is 3.70. The molecule has 1 atom stereocenters. The summed E-state index contributed by atoms with van der Waals surface area (Å²) in [7, 11) is 1.30. The Balaban J connectivity index is 2.32. The molecule has 0 fully saturated rings. The van der Waals surface area contributed by atoms with E-state index in [1.165, 1.54) is 7.11 Å². The number of hydrogen-bond acceptors (Lipinski definition) is 5. The summed E-state index contributed by atoms with van der Waals surface area (Å²) in [5, 5.41) is 5.31. The monoisotopic (exact) mass is 346 g/mol. The fraction of sp³-hybridized carbons (Fsp3) is 0.389. The lowest BCUT2D eigenvalue weighted by molar-refractivity contribution is -0.140. The Bertz CT molecular complexity index is 707. The molecule has 25 heavy (non-hydrogen) atoms. The zero-order chi connectivity index (χ0) is 18.6. The Morgan fingerprint density at radius 1 is 1.16 bits per heavy atom. The fourth-order valence-electron chi connectivity index (χ4n) is 2.46. The van der Waals surface area contributed by atoms with Gasteiger partial charge in [-0.3, -0.25) is 0 Å². The van der Waals surface area contributed by atoms with Crippen molar-refractivity contribution in [3.63, 3.8) is 0 Å². The number of urea groups is 1. The molecular weight excluding hydrogens is 324 g/mol. The van der Waals surface area contributed by atoms with Crippen LogP contribution in [0.3, 0.4) is 0 Å². The van der Waals surface area contributed by atoms with Gasteiger partial charge in [-0.05, 0) is 30.5 Å². The first-order chi connectivity index (χ1) is 11.8. The van der Waals surface area contributed by atoms with E-state index in [4.69, 9.17) is 4.74 Å². The first-order valence-corrected chi connectivity index (χ1v) is 7.97. The van der Waals surface area contributed by atoms with E-state index in [9.17, 15) is 14.4 Å². The van der Waals surface area contributed by atoms with Gasteiger partial charge in [-0.1, -0.05) is 26.0 Å². The molecule has 1 aliphatic heterocycles. The van der Waals surface area contributed by atoms with Crippen molar-refractivity contribution in [2.24, 2.45) is 5.92 Å². The Hall–Kier alpha value is -2.83. The van der Waals surface area contributed by atoms with Gasteiger partial charge in [0.25, 0.3) is 0 Å². The number of amides is 2. The standard InChI is InChI=1S/C18H22N2O5/c1-10(2)9-25-17(22)14-11(3)19-18(23)20-15(14)12-5-7-13(8-6-12)16(21)24-4/h5-8,10,15H,9H2,1-4H3,(H2,19,20,23)/t15-/m0/s1. The lowest BCUT2D eigenvalue weighted by atomic mass is 9.95. The number of rotatable bonds is 5. The number of carbonyl (C=O) groups is 3. The molecule has 1 heterocycles. The predicted molar refractivity (Wildman–Crippen MR) is 90.7 cm³/mol. The summed E-state index contributed by atoms with van der Waals surface area (Å²) in [5.41, 5.74) is 1.83. The van der Waals surface area contributed by atoms with Crippen LogP contribution in [0, 0.1) is 5.92 Å². The Morgan fingerprint density at radius 2 is 1.80 bits per heavy atom. The maximum atomic E-state index is 12.5. The van der Waals surface area contributed by atoms with Gasteiger partial charge >= 0.3 is 18.0 Å². The van der Waals surface area contributed by atoms with E-state index in [2.05, 4.69) is 15.4 Å². The van der Waals surface area contributed by atoms with Gasteiger partial charge in [-0.2, -0.15) is 0 Å². The van der Waals surface area contributed by atoms with Crippen molar-refractivity contribution in [2.45, 2.75) is 26.8 Å². The van der Waals surface area contributed by atoms with Gasteiger partial charge in [0.2, 0.25) is 0 Å². The highest BCUT2D eigenvalue weighted by atomic mass is 16.5. The topological polar surface area (TPSA) is 93.7 Å². The van der Waals surface area contributed by atoms with Crippen LogP contribution >= 0.6 is 0 Å². The first kappa shape index (κ1) is 18.5. The molecular formula is C18H22N2O5. The maximum Gasteiger partial charge on any atom is 0.338 e. The molecule has 134 valence electrons. The Labute approximate surface area is 146 Å². The van der Waals surface area contributed by atoms with E-state index in [0.717, 1.165) is 0 Å². The minimum atomic E-state index is -0.653. The highest BCUT2D eigenvalue weighted by molar-refractivity contribution is 5.95. The van der Waals surface area contributed by atoms with Crippen LogP contribution in [0.1, 0.15) is 42.7 Å². The fourth-order valence-corrected chi connectivity index (χ4v) is 2.46. The van der Waals surface area contributed by atoms with E-state index in [0.29, 0.717) is 22.4 Å². The third kappa shape index (κ3) is 4.37. The summed E-state index contributed by atoms with van der Waals surface area (Å²) in [6.07, 6.45) is 0. The lowest BCUT2D eigenvalue weighted by Gasteiger charge is -2.28. The molecule has 1 aliphatic rings. The van der Waals surface area contributed by atoms with E-state index >= 15 is 0 Å². The summed E-state index contributed by atoms with van der Waals surface area (Å²) >= 11 is 0. The van der Waals surface area contributed by atoms with Gasteiger partial charge in [0.1, 0.15) is 0 Å². The van der Waals surface area contributed by atoms with Crippen LogP contribution in [0.2, 0.25) is 0 Å². The summed E-state index contributed by atoms with van der Waals surface area (Å²) in [6.45, 7) is 5.83. The summed E-state index contributed by atoms with van der Waals surface area (Å²) in [4.78, 5) is 35.9. The van der Waals surface area contributed by atoms with E-state index in [-0.39, 0.29) is 12.5 Å². The average molecular weight is 346 g/mol. The quantitative estimate of drug-likeness (QED) is 0.798. The number of allylic oxidation sites excluding steroid dienone is 1. The lowest BCUT2D eigenvalue weighted by Crippen LogP contribution is -2.45. The number of carbonyl (C=O) groups excluding carboxylic acids is 3. The second-order valence-electron chi connectivity index (χ2n) is 6.18. The van der Waals surface area contributed by atoms with Crippen LogP contribution in [0.5, 0.6) is 0 Å². The highest BCUT2D eigenvalue weighted by Crippen LogP contribution is 2.28. The normalized spacial score (nSPS) is 17.0. The highest BCUT2D eigenvalue weighted by Gasteiger charge is 2.32. The molecule has 0 saturated carbocycles.